The lowest BCUT2D eigenvalue weighted by Crippen LogP contribution is -2.45. The number of ether oxygens (including phenoxy) is 1. The average Bonchev–Trinajstić information content (AvgIpc) is 3.20. The zero-order chi connectivity index (χ0) is 20.6. The van der Waals surface area contributed by atoms with Gasteiger partial charge in [-0.1, -0.05) is 5.46 Å². The predicted molar refractivity (Wildman–Crippen MR) is 105 cm³/mol. The minimum absolute atomic E-state index is 0.0592. The highest BCUT2D eigenvalue weighted by Crippen LogP contribution is 2.15. The molecule has 3 rings (SSSR count). The molecule has 0 bridgehead atoms. The Morgan fingerprint density at radius 2 is 2.14 bits per heavy atom. The van der Waals surface area contributed by atoms with E-state index < -0.39 is 5.82 Å². The first kappa shape index (κ1) is 20.5. The van der Waals surface area contributed by atoms with Crippen LogP contribution >= 0.6 is 0 Å². The van der Waals surface area contributed by atoms with E-state index in [4.69, 9.17) is 22.9 Å². The fourth-order valence-corrected chi connectivity index (χ4v) is 2.56. The molecular formula is C16H20BFN8O3. The number of halogens is 1. The fraction of sp³-hybridized carbons (Fsp3) is 0.375. The van der Waals surface area contributed by atoms with Gasteiger partial charge in [-0.2, -0.15) is 0 Å². The smallest absolute Gasteiger partial charge is 0.202 e. The second kappa shape index (κ2) is 9.84. The van der Waals surface area contributed by atoms with Crippen LogP contribution in [0.2, 0.25) is 0 Å². The normalized spacial score (nSPS) is 15.4. The zero-order valence-corrected chi connectivity index (χ0v) is 15.5. The molecular weight excluding hydrogens is 382 g/mol. The van der Waals surface area contributed by atoms with Crippen molar-refractivity contribution >= 4 is 36.6 Å². The lowest BCUT2D eigenvalue weighted by molar-refractivity contribution is 0.0674. The van der Waals surface area contributed by atoms with Crippen molar-refractivity contribution in [3.05, 3.63) is 29.7 Å². The summed E-state index contributed by atoms with van der Waals surface area (Å²) >= 11 is 0. The molecule has 29 heavy (non-hydrogen) atoms. The van der Waals surface area contributed by atoms with Crippen molar-refractivity contribution in [3.63, 3.8) is 0 Å². The molecule has 1 aromatic heterocycles. The van der Waals surface area contributed by atoms with Gasteiger partial charge < -0.3 is 20.7 Å². The van der Waals surface area contributed by atoms with Gasteiger partial charge in [0.05, 0.1) is 25.4 Å². The van der Waals surface area contributed by atoms with Crippen LogP contribution in [-0.2, 0) is 4.74 Å². The summed E-state index contributed by atoms with van der Waals surface area (Å²) in [7, 11) is 5.53. The molecule has 2 heterocycles. The molecule has 0 atom stereocenters. The third kappa shape index (κ3) is 5.42. The minimum Gasteiger partial charge on any atom is -0.378 e. The zero-order valence-electron chi connectivity index (χ0n) is 15.5. The van der Waals surface area contributed by atoms with Crippen molar-refractivity contribution in [1.29, 1.82) is 0 Å². The van der Waals surface area contributed by atoms with Gasteiger partial charge >= 0.3 is 0 Å². The van der Waals surface area contributed by atoms with Crippen molar-refractivity contribution in [2.45, 2.75) is 0 Å². The van der Waals surface area contributed by atoms with E-state index in [0.29, 0.717) is 51.0 Å². The summed E-state index contributed by atoms with van der Waals surface area (Å²) < 4.78 is 23.3. The van der Waals surface area contributed by atoms with E-state index in [1.54, 1.807) is 0 Å². The van der Waals surface area contributed by atoms with Gasteiger partial charge in [0.1, 0.15) is 13.7 Å². The first-order valence-electron chi connectivity index (χ1n) is 8.81. The Hall–Kier alpha value is -3.19. The molecule has 0 aliphatic carbocycles. The summed E-state index contributed by atoms with van der Waals surface area (Å²) in [5.74, 6) is 0.0585. The highest BCUT2D eigenvalue weighted by atomic mass is 19.1. The standard InChI is InChI=1S/C16H20BFN8O3/c17-11-9-10(1-2-12(11)18)22-15(23-27)13-14(25-29-24-13)20-3-4-21-16(19)26-5-7-28-8-6-26/h1-2,9,27H,3-8H2,(H2,19,21)(H,20,25)(H,22,23). The SMILES string of the molecule is [B]c1cc(N=C(NO)c2nonc2NCCN=C(N)N2CCOCC2)ccc1F. The minimum atomic E-state index is -0.565. The molecule has 2 aromatic rings. The Kier molecular flexibility index (Phi) is 6.97. The average molecular weight is 402 g/mol. The van der Waals surface area contributed by atoms with E-state index in [-0.39, 0.29) is 22.8 Å². The van der Waals surface area contributed by atoms with E-state index in [1.807, 2.05) is 10.4 Å². The Labute approximate surface area is 167 Å². The summed E-state index contributed by atoms with van der Waals surface area (Å²) in [4.78, 5) is 10.4. The van der Waals surface area contributed by atoms with E-state index in [9.17, 15) is 9.60 Å². The second-order valence-electron chi connectivity index (χ2n) is 6.01. The van der Waals surface area contributed by atoms with Gasteiger partial charge in [0.2, 0.25) is 5.82 Å². The van der Waals surface area contributed by atoms with Crippen LogP contribution in [0.4, 0.5) is 15.9 Å². The van der Waals surface area contributed by atoms with Crippen LogP contribution in [0, 0.1) is 5.82 Å². The molecule has 2 radical (unpaired) electrons. The van der Waals surface area contributed by atoms with Gasteiger partial charge in [0.25, 0.3) is 0 Å². The summed E-state index contributed by atoms with van der Waals surface area (Å²) in [5.41, 5.74) is 8.24. The highest BCUT2D eigenvalue weighted by molar-refractivity contribution is 6.32. The number of nitrogens with two attached hydrogens (primary N) is 1. The van der Waals surface area contributed by atoms with E-state index in [2.05, 4.69) is 25.6 Å². The molecule has 1 aliphatic heterocycles. The lowest BCUT2D eigenvalue weighted by atomic mass is 9.95. The monoisotopic (exact) mass is 402 g/mol. The fourth-order valence-electron chi connectivity index (χ4n) is 2.56. The van der Waals surface area contributed by atoms with Crippen LogP contribution in [0.3, 0.4) is 0 Å². The number of aromatic nitrogens is 2. The second-order valence-corrected chi connectivity index (χ2v) is 6.01. The van der Waals surface area contributed by atoms with Crippen molar-refractivity contribution < 1.29 is 19.0 Å². The Bertz CT molecular complexity index is 885. The third-order valence-corrected chi connectivity index (χ3v) is 4.05. The summed E-state index contributed by atoms with van der Waals surface area (Å²) in [6.07, 6.45) is 0. The van der Waals surface area contributed by atoms with Gasteiger partial charge in [0.15, 0.2) is 17.5 Å². The molecule has 1 fully saturated rings. The molecule has 1 saturated heterocycles. The molecule has 0 amide bonds. The number of nitrogens with zero attached hydrogens (tertiary/aromatic N) is 5. The van der Waals surface area contributed by atoms with Gasteiger partial charge in [-0.05, 0) is 28.5 Å². The van der Waals surface area contributed by atoms with Crippen LogP contribution in [0.15, 0.2) is 32.8 Å². The Morgan fingerprint density at radius 1 is 1.34 bits per heavy atom. The molecule has 0 spiro atoms. The molecule has 5 N–H and O–H groups in total. The largest absolute Gasteiger partial charge is 0.378 e. The number of morpholine rings is 1. The van der Waals surface area contributed by atoms with Crippen molar-refractivity contribution in [3.8, 4) is 0 Å². The number of benzene rings is 1. The number of nitrogens with one attached hydrogen (secondary N) is 2. The van der Waals surface area contributed by atoms with Crippen molar-refractivity contribution in [1.82, 2.24) is 20.7 Å². The number of rotatable bonds is 6. The van der Waals surface area contributed by atoms with Crippen LogP contribution in [0.25, 0.3) is 0 Å². The molecule has 1 aromatic carbocycles. The lowest BCUT2D eigenvalue weighted by Gasteiger charge is -2.27. The maximum Gasteiger partial charge on any atom is 0.202 e. The molecule has 13 heteroatoms. The molecule has 152 valence electrons. The van der Waals surface area contributed by atoms with Crippen LogP contribution in [0.1, 0.15) is 5.69 Å². The number of hydroxylamine groups is 1. The van der Waals surface area contributed by atoms with Crippen LogP contribution in [0.5, 0.6) is 0 Å². The van der Waals surface area contributed by atoms with Gasteiger partial charge in [0, 0.05) is 19.6 Å². The number of hydrogen-bond donors (Lipinski definition) is 4. The first-order chi connectivity index (χ1) is 14.1. The Balaban J connectivity index is 1.63. The van der Waals surface area contributed by atoms with E-state index in [0.717, 1.165) is 0 Å². The summed E-state index contributed by atoms with van der Waals surface area (Å²) in [5, 5.41) is 19.9. The first-order valence-corrected chi connectivity index (χ1v) is 8.81. The van der Waals surface area contributed by atoms with Gasteiger partial charge in [-0.15, -0.1) is 0 Å². The number of hydrogen-bond acceptors (Lipinski definition) is 8. The predicted octanol–water partition coefficient (Wildman–Crippen LogP) is -0.882. The van der Waals surface area contributed by atoms with Gasteiger partial charge in [-0.25, -0.2) is 14.0 Å². The van der Waals surface area contributed by atoms with E-state index in [1.165, 1.54) is 18.2 Å². The number of anilines is 1. The number of guanidine groups is 1. The van der Waals surface area contributed by atoms with E-state index >= 15 is 0 Å². The maximum absolute atomic E-state index is 13.3. The topological polar surface area (TPSA) is 146 Å². The maximum atomic E-state index is 13.3. The molecule has 0 saturated carbocycles. The quantitative estimate of drug-likeness (QED) is 0.159. The number of amidine groups is 1. The third-order valence-electron chi connectivity index (χ3n) is 4.05. The summed E-state index contributed by atoms with van der Waals surface area (Å²) in [6.45, 7) is 3.42. The molecule has 11 nitrogen and oxygen atoms in total. The number of aliphatic imine (C=N–C) groups is 2. The van der Waals surface area contributed by atoms with Crippen LogP contribution < -0.4 is 22.0 Å². The van der Waals surface area contributed by atoms with Crippen molar-refractivity contribution in [2.24, 2.45) is 15.7 Å². The van der Waals surface area contributed by atoms with Crippen LogP contribution in [-0.4, -0.2) is 79.5 Å². The van der Waals surface area contributed by atoms with Crippen molar-refractivity contribution in [2.75, 3.05) is 44.7 Å². The highest BCUT2D eigenvalue weighted by Gasteiger charge is 2.17. The molecule has 0 unspecified atom stereocenters. The molecule has 1 aliphatic rings. The Morgan fingerprint density at radius 3 is 2.86 bits per heavy atom. The van der Waals surface area contributed by atoms with Gasteiger partial charge in [-0.3, -0.25) is 15.7 Å². The summed E-state index contributed by atoms with van der Waals surface area (Å²) in [6, 6.07) is 3.88.